The third-order valence-corrected chi connectivity index (χ3v) is 8.10. The monoisotopic (exact) mass is 552 g/mol. The average Bonchev–Trinajstić information content (AvgIpc) is 3.44. The smallest absolute Gasteiger partial charge is 0.134 e. The third-order valence-electron chi connectivity index (χ3n) is 6.59. The minimum absolute atomic E-state index is 0.458. The van der Waals surface area contributed by atoms with Gasteiger partial charge in [0.25, 0.3) is 0 Å². The summed E-state index contributed by atoms with van der Waals surface area (Å²) in [6, 6.07) is 28.2. The van der Waals surface area contributed by atoms with Gasteiger partial charge in [-0.2, -0.15) is 5.26 Å². The first-order valence-electron chi connectivity index (χ1n) is 12.7. The van der Waals surface area contributed by atoms with Gasteiger partial charge in [-0.05, 0) is 54.6 Å². The highest BCUT2D eigenvalue weighted by Crippen LogP contribution is 2.37. The first-order valence-corrected chi connectivity index (χ1v) is 13.9. The predicted molar refractivity (Wildman–Crippen MR) is 156 cm³/mol. The number of rotatable bonds is 7. The molecule has 0 amide bonds. The zero-order chi connectivity index (χ0) is 26.6. The molecule has 39 heavy (non-hydrogen) atoms. The predicted octanol–water partition coefficient (Wildman–Crippen LogP) is 7.75. The summed E-state index contributed by atoms with van der Waals surface area (Å²) >= 11 is 8.24. The van der Waals surface area contributed by atoms with Crippen LogP contribution in [0, 0.1) is 11.3 Å². The maximum absolute atomic E-state index is 9.80. The molecule has 0 atom stereocenters. The normalized spacial score (nSPS) is 13.8. The van der Waals surface area contributed by atoms with Crippen LogP contribution in [-0.2, 0) is 11.3 Å². The minimum atomic E-state index is 0.458. The van der Waals surface area contributed by atoms with Crippen LogP contribution in [0.5, 0.6) is 0 Å². The Balaban J connectivity index is 1.25. The van der Waals surface area contributed by atoms with E-state index in [1.165, 1.54) is 0 Å². The van der Waals surface area contributed by atoms with Crippen LogP contribution in [0.2, 0.25) is 5.02 Å². The molecule has 1 aliphatic rings. The van der Waals surface area contributed by atoms with Crippen molar-refractivity contribution in [1.82, 2.24) is 9.88 Å². The van der Waals surface area contributed by atoms with Crippen molar-refractivity contribution in [3.05, 3.63) is 101 Å². The standard InChI is InChI=1S/C31H25ClN4O2S/c32-27-17-23(7-11-30(27)39-25-4-2-1-3-5-25)35-31-22(18-33)19-34-28-16-21(6-9-26(28)31)29-10-8-24(38-29)20-36-12-14-37-15-13-36/h1-11,16-17,19H,12-15,20H2,(H,34,35). The van der Waals surface area contributed by atoms with Crippen LogP contribution >= 0.6 is 23.4 Å². The zero-order valence-electron chi connectivity index (χ0n) is 21.1. The number of nitrogens with one attached hydrogen (secondary N) is 1. The lowest BCUT2D eigenvalue weighted by atomic mass is 10.1. The Hall–Kier alpha value is -3.80. The van der Waals surface area contributed by atoms with Gasteiger partial charge in [0.15, 0.2) is 0 Å². The Kier molecular flexibility index (Phi) is 7.53. The lowest BCUT2D eigenvalue weighted by Crippen LogP contribution is -2.35. The van der Waals surface area contributed by atoms with Gasteiger partial charge in [-0.1, -0.05) is 47.6 Å². The molecule has 3 aromatic carbocycles. The van der Waals surface area contributed by atoms with Gasteiger partial charge in [-0.15, -0.1) is 0 Å². The van der Waals surface area contributed by atoms with Gasteiger partial charge in [-0.25, -0.2) is 0 Å². The van der Waals surface area contributed by atoms with Crippen LogP contribution in [0.4, 0.5) is 11.4 Å². The molecule has 1 aliphatic heterocycles. The Morgan fingerprint density at radius 1 is 1.00 bits per heavy atom. The second-order valence-electron chi connectivity index (χ2n) is 9.23. The number of aromatic nitrogens is 1. The number of hydrogen-bond acceptors (Lipinski definition) is 7. The fourth-order valence-corrected chi connectivity index (χ4v) is 5.72. The molecule has 0 saturated carbocycles. The van der Waals surface area contributed by atoms with Crippen LogP contribution in [-0.4, -0.2) is 36.2 Å². The van der Waals surface area contributed by atoms with Gasteiger partial charge in [0.1, 0.15) is 17.6 Å². The number of nitriles is 1. The minimum Gasteiger partial charge on any atom is -0.460 e. The van der Waals surface area contributed by atoms with E-state index in [4.69, 9.17) is 20.8 Å². The maximum atomic E-state index is 9.80. The first-order chi connectivity index (χ1) is 19.2. The maximum Gasteiger partial charge on any atom is 0.134 e. The lowest BCUT2D eigenvalue weighted by Gasteiger charge is -2.25. The molecule has 1 fully saturated rings. The number of anilines is 2. The molecule has 0 radical (unpaired) electrons. The average molecular weight is 553 g/mol. The number of benzene rings is 3. The number of fused-ring (bicyclic) bond motifs is 1. The molecule has 0 bridgehead atoms. The number of nitrogens with zero attached hydrogens (tertiary/aromatic N) is 3. The van der Waals surface area contributed by atoms with Crippen molar-refractivity contribution in [2.75, 3.05) is 31.6 Å². The van der Waals surface area contributed by atoms with Crippen molar-refractivity contribution in [1.29, 1.82) is 5.26 Å². The van der Waals surface area contributed by atoms with Gasteiger partial charge in [0.2, 0.25) is 0 Å². The second kappa shape index (κ2) is 11.5. The number of ether oxygens (including phenoxy) is 1. The third kappa shape index (κ3) is 5.80. The molecule has 3 heterocycles. The summed E-state index contributed by atoms with van der Waals surface area (Å²) in [5.74, 6) is 1.71. The van der Waals surface area contributed by atoms with Crippen molar-refractivity contribution in [3.63, 3.8) is 0 Å². The van der Waals surface area contributed by atoms with E-state index < -0.39 is 0 Å². The van der Waals surface area contributed by atoms with Gasteiger partial charge in [0.05, 0.1) is 41.5 Å². The van der Waals surface area contributed by atoms with Gasteiger partial charge < -0.3 is 14.5 Å². The number of halogens is 1. The molecule has 0 unspecified atom stereocenters. The molecule has 194 valence electrons. The topological polar surface area (TPSA) is 74.3 Å². The number of pyridine rings is 1. The quantitative estimate of drug-likeness (QED) is 0.221. The molecule has 5 aromatic rings. The Morgan fingerprint density at radius 3 is 2.64 bits per heavy atom. The molecule has 1 saturated heterocycles. The van der Waals surface area contributed by atoms with Gasteiger partial charge in [0, 0.05) is 45.7 Å². The van der Waals surface area contributed by atoms with Crippen LogP contribution in [0.15, 0.2) is 99.3 Å². The summed E-state index contributed by atoms with van der Waals surface area (Å²) in [4.78, 5) is 8.97. The molecule has 2 aromatic heterocycles. The summed E-state index contributed by atoms with van der Waals surface area (Å²) in [5.41, 5.74) is 3.65. The fraction of sp³-hybridized carbons (Fsp3) is 0.161. The summed E-state index contributed by atoms with van der Waals surface area (Å²) in [5, 5.41) is 14.7. The van der Waals surface area contributed by atoms with Crippen molar-refractivity contribution in [2.24, 2.45) is 0 Å². The highest BCUT2D eigenvalue weighted by atomic mass is 35.5. The summed E-state index contributed by atoms with van der Waals surface area (Å²) in [6.07, 6.45) is 1.60. The highest BCUT2D eigenvalue weighted by molar-refractivity contribution is 7.99. The van der Waals surface area contributed by atoms with E-state index in [-0.39, 0.29) is 0 Å². The number of furan rings is 1. The Bertz CT molecular complexity index is 1660. The van der Waals surface area contributed by atoms with Crippen LogP contribution in [0.1, 0.15) is 11.3 Å². The molecule has 6 nitrogen and oxygen atoms in total. The number of morpholine rings is 1. The van der Waals surface area contributed by atoms with E-state index in [0.29, 0.717) is 16.3 Å². The highest BCUT2D eigenvalue weighted by Gasteiger charge is 2.15. The van der Waals surface area contributed by atoms with E-state index in [0.717, 1.165) is 76.3 Å². The van der Waals surface area contributed by atoms with Crippen molar-refractivity contribution in [3.8, 4) is 17.4 Å². The van der Waals surface area contributed by atoms with Crippen LogP contribution < -0.4 is 5.32 Å². The summed E-state index contributed by atoms with van der Waals surface area (Å²) < 4.78 is 11.6. The van der Waals surface area contributed by atoms with E-state index in [9.17, 15) is 5.26 Å². The van der Waals surface area contributed by atoms with E-state index >= 15 is 0 Å². The molecule has 8 heteroatoms. The molecule has 6 rings (SSSR count). The lowest BCUT2D eigenvalue weighted by molar-refractivity contribution is 0.0314. The Labute approximate surface area is 236 Å². The summed E-state index contributed by atoms with van der Waals surface area (Å²) in [7, 11) is 0. The number of hydrogen-bond donors (Lipinski definition) is 1. The Morgan fingerprint density at radius 2 is 1.85 bits per heavy atom. The van der Waals surface area contributed by atoms with E-state index in [1.807, 2.05) is 66.7 Å². The molecule has 0 aliphatic carbocycles. The first kappa shape index (κ1) is 25.5. The molecular formula is C31H25ClN4O2S. The zero-order valence-corrected chi connectivity index (χ0v) is 22.6. The SMILES string of the molecule is N#Cc1cnc2cc(-c3ccc(CN4CCOCC4)o3)ccc2c1Nc1ccc(Sc2ccccc2)c(Cl)c1. The van der Waals surface area contributed by atoms with Crippen LogP contribution in [0.25, 0.3) is 22.2 Å². The fourth-order valence-electron chi connectivity index (χ4n) is 4.59. The van der Waals surface area contributed by atoms with Crippen molar-refractivity contribution in [2.45, 2.75) is 16.3 Å². The van der Waals surface area contributed by atoms with Crippen LogP contribution in [0.3, 0.4) is 0 Å². The van der Waals surface area contributed by atoms with Gasteiger partial charge in [-0.3, -0.25) is 9.88 Å². The molecular weight excluding hydrogens is 528 g/mol. The molecule has 1 N–H and O–H groups in total. The van der Waals surface area contributed by atoms with Crippen molar-refractivity contribution < 1.29 is 9.15 Å². The largest absolute Gasteiger partial charge is 0.460 e. The van der Waals surface area contributed by atoms with E-state index in [1.54, 1.807) is 18.0 Å². The summed E-state index contributed by atoms with van der Waals surface area (Å²) in [6.45, 7) is 4.10. The molecule has 0 spiro atoms. The van der Waals surface area contributed by atoms with Crippen molar-refractivity contribution >= 4 is 45.6 Å². The van der Waals surface area contributed by atoms with E-state index in [2.05, 4.69) is 33.4 Å². The second-order valence-corrected chi connectivity index (χ2v) is 10.8. The van der Waals surface area contributed by atoms with Gasteiger partial charge >= 0.3 is 0 Å².